The van der Waals surface area contributed by atoms with Crippen LogP contribution in [-0.2, 0) is 13.0 Å². The Bertz CT molecular complexity index is 1040. The lowest BCUT2D eigenvalue weighted by atomic mass is 10.1. The number of para-hydroxylation sites is 1. The molecule has 4 N–H and O–H groups in total. The largest absolute Gasteiger partial charge is 0.385 e. The van der Waals surface area contributed by atoms with E-state index in [1.807, 2.05) is 19.3 Å². The molecule has 4 aromatic rings. The fourth-order valence-corrected chi connectivity index (χ4v) is 3.35. The quantitative estimate of drug-likeness (QED) is 0.363. The summed E-state index contributed by atoms with van der Waals surface area (Å²) in [4.78, 5) is 7.68. The second-order valence-electron chi connectivity index (χ2n) is 6.80. The first-order valence-corrected chi connectivity index (χ1v) is 9.57. The van der Waals surface area contributed by atoms with Crippen LogP contribution in [0, 0.1) is 0 Å². The van der Waals surface area contributed by atoms with Gasteiger partial charge in [0.25, 0.3) is 0 Å². The van der Waals surface area contributed by atoms with E-state index in [9.17, 15) is 0 Å². The highest BCUT2D eigenvalue weighted by Crippen LogP contribution is 2.20. The van der Waals surface area contributed by atoms with Crippen molar-refractivity contribution >= 4 is 28.0 Å². The van der Waals surface area contributed by atoms with Gasteiger partial charge in [-0.3, -0.25) is 4.98 Å². The van der Waals surface area contributed by atoms with Gasteiger partial charge < -0.3 is 20.9 Å². The number of rotatable bonds is 8. The van der Waals surface area contributed by atoms with Crippen LogP contribution in [0.3, 0.4) is 0 Å². The van der Waals surface area contributed by atoms with Crippen LogP contribution < -0.4 is 16.0 Å². The first kappa shape index (κ1) is 18.1. The Morgan fingerprint density at radius 2 is 1.75 bits per heavy atom. The van der Waals surface area contributed by atoms with Crippen LogP contribution in [0.1, 0.15) is 11.3 Å². The molecule has 0 fully saturated rings. The molecule has 5 nitrogen and oxygen atoms in total. The zero-order valence-electron chi connectivity index (χ0n) is 16.0. The highest BCUT2D eigenvalue weighted by molar-refractivity contribution is 5.83. The molecule has 142 valence electrons. The van der Waals surface area contributed by atoms with E-state index in [2.05, 4.69) is 86.7 Å². The molecule has 2 aromatic carbocycles. The van der Waals surface area contributed by atoms with Crippen molar-refractivity contribution in [2.24, 2.45) is 0 Å². The zero-order valence-corrected chi connectivity index (χ0v) is 16.0. The lowest BCUT2D eigenvalue weighted by Crippen LogP contribution is -2.07. The van der Waals surface area contributed by atoms with Gasteiger partial charge in [0.1, 0.15) is 0 Å². The van der Waals surface area contributed by atoms with Crippen LogP contribution in [0.5, 0.6) is 0 Å². The van der Waals surface area contributed by atoms with E-state index in [0.29, 0.717) is 0 Å². The number of anilines is 3. The Balaban J connectivity index is 1.32. The predicted molar refractivity (Wildman–Crippen MR) is 117 cm³/mol. The van der Waals surface area contributed by atoms with Crippen molar-refractivity contribution in [2.75, 3.05) is 24.2 Å². The first-order chi connectivity index (χ1) is 13.8. The number of fused-ring (bicyclic) bond motifs is 1. The van der Waals surface area contributed by atoms with Gasteiger partial charge in [0.2, 0.25) is 0 Å². The van der Waals surface area contributed by atoms with Crippen LogP contribution in [0.4, 0.5) is 17.1 Å². The van der Waals surface area contributed by atoms with Gasteiger partial charge in [-0.1, -0.05) is 18.2 Å². The third-order valence-electron chi connectivity index (χ3n) is 4.75. The predicted octanol–water partition coefficient (Wildman–Crippen LogP) is 4.68. The molecule has 2 heterocycles. The number of pyridine rings is 1. The summed E-state index contributed by atoms with van der Waals surface area (Å²) in [5, 5.41) is 11.4. The summed E-state index contributed by atoms with van der Waals surface area (Å²) >= 11 is 0. The second-order valence-corrected chi connectivity index (χ2v) is 6.80. The maximum atomic E-state index is 4.34. The van der Waals surface area contributed by atoms with Gasteiger partial charge >= 0.3 is 0 Å². The number of aromatic amines is 1. The van der Waals surface area contributed by atoms with Crippen molar-refractivity contribution in [2.45, 2.75) is 13.0 Å². The van der Waals surface area contributed by atoms with Gasteiger partial charge in [0, 0.05) is 53.4 Å². The average Bonchev–Trinajstić information content (AvgIpc) is 3.13. The fourth-order valence-electron chi connectivity index (χ4n) is 3.35. The summed E-state index contributed by atoms with van der Waals surface area (Å²) in [7, 11) is 1.92. The molecular formula is C23H25N5. The Morgan fingerprint density at radius 3 is 2.61 bits per heavy atom. The third-order valence-corrected chi connectivity index (χ3v) is 4.75. The minimum atomic E-state index is 0.759. The molecule has 28 heavy (non-hydrogen) atoms. The van der Waals surface area contributed by atoms with Gasteiger partial charge in [-0.2, -0.15) is 0 Å². The number of nitrogens with zero attached hydrogens (tertiary/aromatic N) is 1. The van der Waals surface area contributed by atoms with Gasteiger partial charge in [-0.05, 0) is 61.5 Å². The second kappa shape index (κ2) is 8.59. The summed E-state index contributed by atoms with van der Waals surface area (Å²) in [6, 6.07) is 20.9. The number of nitrogens with one attached hydrogen (secondary N) is 4. The number of hydrogen-bond donors (Lipinski definition) is 4. The van der Waals surface area contributed by atoms with E-state index >= 15 is 0 Å². The van der Waals surface area contributed by atoms with Gasteiger partial charge in [-0.15, -0.1) is 0 Å². The van der Waals surface area contributed by atoms with E-state index in [-0.39, 0.29) is 0 Å². The summed E-state index contributed by atoms with van der Waals surface area (Å²) in [6.45, 7) is 1.65. The van der Waals surface area contributed by atoms with E-state index in [4.69, 9.17) is 0 Å². The Hall–Kier alpha value is -3.31. The minimum absolute atomic E-state index is 0.759. The first-order valence-electron chi connectivity index (χ1n) is 9.57. The number of H-pyrrole nitrogens is 1. The summed E-state index contributed by atoms with van der Waals surface area (Å²) in [5.41, 5.74) is 6.78. The van der Waals surface area contributed by atoms with Crippen molar-refractivity contribution < 1.29 is 0 Å². The summed E-state index contributed by atoms with van der Waals surface area (Å²) < 4.78 is 0. The van der Waals surface area contributed by atoms with Crippen molar-refractivity contribution in [3.05, 3.63) is 84.3 Å². The van der Waals surface area contributed by atoms with Crippen molar-refractivity contribution in [3.63, 3.8) is 0 Å². The van der Waals surface area contributed by atoms with Crippen LogP contribution in [-0.4, -0.2) is 23.6 Å². The number of aromatic nitrogens is 2. The molecule has 2 aromatic heterocycles. The summed E-state index contributed by atoms with van der Waals surface area (Å²) in [5.74, 6) is 0. The van der Waals surface area contributed by atoms with Crippen LogP contribution in [0.2, 0.25) is 0 Å². The minimum Gasteiger partial charge on any atom is -0.385 e. The van der Waals surface area contributed by atoms with Crippen molar-refractivity contribution in [1.29, 1.82) is 0 Å². The Kier molecular flexibility index (Phi) is 5.54. The molecule has 4 rings (SSSR count). The topological polar surface area (TPSA) is 64.8 Å². The van der Waals surface area contributed by atoms with Gasteiger partial charge in [0.05, 0.1) is 5.69 Å². The SMILES string of the molecule is CNCc1cc(Nc2ccc(NCCc3c[nH]c4ccccc34)cc2)ccn1. The van der Waals surface area contributed by atoms with E-state index in [1.165, 1.54) is 16.5 Å². The third kappa shape index (κ3) is 4.32. The lowest BCUT2D eigenvalue weighted by Gasteiger charge is -2.10. The van der Waals surface area contributed by atoms with Crippen LogP contribution in [0.15, 0.2) is 73.1 Å². The van der Waals surface area contributed by atoms with Crippen molar-refractivity contribution in [3.8, 4) is 0 Å². The molecule has 0 bridgehead atoms. The summed E-state index contributed by atoms with van der Waals surface area (Å²) in [6.07, 6.45) is 4.92. The van der Waals surface area contributed by atoms with Crippen molar-refractivity contribution in [1.82, 2.24) is 15.3 Å². The maximum Gasteiger partial charge on any atom is 0.0562 e. The Labute approximate surface area is 165 Å². The van der Waals surface area contributed by atoms with Gasteiger partial charge in [-0.25, -0.2) is 0 Å². The highest BCUT2D eigenvalue weighted by Gasteiger charge is 2.03. The van der Waals surface area contributed by atoms with Crippen LogP contribution >= 0.6 is 0 Å². The normalized spacial score (nSPS) is 10.9. The molecule has 0 saturated heterocycles. The number of benzene rings is 2. The molecule has 0 radical (unpaired) electrons. The smallest absolute Gasteiger partial charge is 0.0562 e. The van der Waals surface area contributed by atoms with E-state index < -0.39 is 0 Å². The standard InChI is InChI=1S/C23H25N5/c1-24-16-21-14-20(11-13-26-21)28-19-8-6-18(7-9-19)25-12-10-17-15-27-23-5-3-2-4-22(17)23/h2-9,11,13-15,24-25,27H,10,12,16H2,1H3,(H,26,28). The molecule has 0 unspecified atom stereocenters. The molecular weight excluding hydrogens is 346 g/mol. The van der Waals surface area contributed by atoms with Crippen LogP contribution in [0.25, 0.3) is 10.9 Å². The molecule has 0 aliphatic heterocycles. The molecule has 0 saturated carbocycles. The Morgan fingerprint density at radius 1 is 0.929 bits per heavy atom. The average molecular weight is 371 g/mol. The molecule has 0 atom stereocenters. The lowest BCUT2D eigenvalue weighted by molar-refractivity contribution is 0.792. The molecule has 0 spiro atoms. The molecule has 0 aliphatic carbocycles. The molecule has 0 aliphatic rings. The van der Waals surface area contributed by atoms with E-state index in [1.54, 1.807) is 0 Å². The number of hydrogen-bond acceptors (Lipinski definition) is 4. The molecule has 5 heteroatoms. The highest BCUT2D eigenvalue weighted by atomic mass is 14.9. The molecule has 0 amide bonds. The fraction of sp³-hybridized carbons (Fsp3) is 0.174. The monoisotopic (exact) mass is 371 g/mol. The zero-order chi connectivity index (χ0) is 19.2. The maximum absolute atomic E-state index is 4.34. The van der Waals surface area contributed by atoms with E-state index in [0.717, 1.165) is 42.3 Å². The van der Waals surface area contributed by atoms with Gasteiger partial charge in [0.15, 0.2) is 0 Å².